The van der Waals surface area contributed by atoms with Crippen LogP contribution in [0.25, 0.3) is 11.3 Å². The Morgan fingerprint density at radius 1 is 1.25 bits per heavy atom. The van der Waals surface area contributed by atoms with Gasteiger partial charge >= 0.3 is 0 Å². The fourth-order valence-electron chi connectivity index (χ4n) is 3.92. The molecule has 0 aliphatic heterocycles. The number of benzene rings is 1. The molecule has 3 nitrogen and oxygen atoms in total. The maximum atomic E-state index is 13.0. The number of aromatic nitrogens is 1. The zero-order valence-electron chi connectivity index (χ0n) is 14.4. The van der Waals surface area contributed by atoms with Crippen LogP contribution in [0, 0.1) is 17.2 Å². The molecule has 2 saturated carbocycles. The number of nitrogens with one attached hydrogen (secondary N) is 1. The molecule has 0 spiro atoms. The monoisotopic (exact) mass is 328 g/mol. The quantitative estimate of drug-likeness (QED) is 0.873. The summed E-state index contributed by atoms with van der Waals surface area (Å²) in [5.74, 6) is 1.10. The summed E-state index contributed by atoms with van der Waals surface area (Å²) in [4.78, 5) is 0. The minimum atomic E-state index is -0.236. The molecule has 1 aromatic heterocycles. The minimum absolute atomic E-state index is 0.236. The van der Waals surface area contributed by atoms with Crippen LogP contribution in [-0.4, -0.2) is 17.2 Å². The average Bonchev–Trinajstić information content (AvgIpc) is 2.97. The predicted molar refractivity (Wildman–Crippen MR) is 92.1 cm³/mol. The Bertz CT molecular complexity index is 703. The van der Waals surface area contributed by atoms with E-state index in [1.807, 2.05) is 6.07 Å². The van der Waals surface area contributed by atoms with Crippen molar-refractivity contribution < 1.29 is 8.91 Å². The molecule has 0 saturated heterocycles. The van der Waals surface area contributed by atoms with Crippen LogP contribution in [0.4, 0.5) is 4.39 Å². The summed E-state index contributed by atoms with van der Waals surface area (Å²) in [6.45, 7) is 4.72. The molecule has 4 heteroatoms. The van der Waals surface area contributed by atoms with Gasteiger partial charge in [0.25, 0.3) is 0 Å². The maximum Gasteiger partial charge on any atom is 0.167 e. The van der Waals surface area contributed by atoms with Crippen molar-refractivity contribution in [1.29, 1.82) is 0 Å². The average molecular weight is 328 g/mol. The Labute approximate surface area is 142 Å². The molecular formula is C20H25FN2O. The zero-order valence-corrected chi connectivity index (χ0v) is 14.4. The molecule has 128 valence electrons. The van der Waals surface area contributed by atoms with E-state index in [9.17, 15) is 4.39 Å². The van der Waals surface area contributed by atoms with Gasteiger partial charge in [-0.05, 0) is 61.3 Å². The van der Waals surface area contributed by atoms with E-state index in [-0.39, 0.29) is 5.82 Å². The standard InChI is InChI=1S/C20H25FN2O/c1-20(2)14(11-19(20)22-16-4-3-5-16)10-17-12-18(24-23-17)13-6-8-15(21)9-7-13/h6-9,12,14,16,19,22H,3-5,10-11H2,1-2H3. The summed E-state index contributed by atoms with van der Waals surface area (Å²) in [5, 5.41) is 8.04. The number of hydrogen-bond acceptors (Lipinski definition) is 3. The first kappa shape index (κ1) is 15.8. The lowest BCUT2D eigenvalue weighted by atomic mass is 9.57. The topological polar surface area (TPSA) is 38.1 Å². The number of hydrogen-bond donors (Lipinski definition) is 1. The largest absolute Gasteiger partial charge is 0.356 e. The summed E-state index contributed by atoms with van der Waals surface area (Å²) in [5.41, 5.74) is 2.16. The van der Waals surface area contributed by atoms with Crippen molar-refractivity contribution in [2.45, 2.75) is 58.0 Å². The molecule has 2 atom stereocenters. The molecule has 1 heterocycles. The highest BCUT2D eigenvalue weighted by molar-refractivity contribution is 5.57. The van der Waals surface area contributed by atoms with Crippen LogP contribution in [0.2, 0.25) is 0 Å². The van der Waals surface area contributed by atoms with Crippen LogP contribution in [0.1, 0.15) is 45.2 Å². The first-order valence-electron chi connectivity index (χ1n) is 9.00. The van der Waals surface area contributed by atoms with Crippen molar-refractivity contribution in [1.82, 2.24) is 10.5 Å². The van der Waals surface area contributed by atoms with Gasteiger partial charge in [0.2, 0.25) is 0 Å². The van der Waals surface area contributed by atoms with Gasteiger partial charge in [0.15, 0.2) is 5.76 Å². The highest BCUT2D eigenvalue weighted by Crippen LogP contribution is 2.48. The Morgan fingerprint density at radius 3 is 2.62 bits per heavy atom. The van der Waals surface area contributed by atoms with Crippen molar-refractivity contribution >= 4 is 0 Å². The molecule has 1 aromatic carbocycles. The minimum Gasteiger partial charge on any atom is -0.356 e. The fraction of sp³-hybridized carbons (Fsp3) is 0.550. The van der Waals surface area contributed by atoms with Gasteiger partial charge in [-0.3, -0.25) is 0 Å². The molecule has 0 radical (unpaired) electrons. The summed E-state index contributed by atoms with van der Waals surface area (Å²) in [6, 6.07) is 9.71. The van der Waals surface area contributed by atoms with E-state index in [4.69, 9.17) is 4.52 Å². The van der Waals surface area contributed by atoms with E-state index < -0.39 is 0 Å². The number of nitrogens with zero attached hydrogens (tertiary/aromatic N) is 1. The van der Waals surface area contributed by atoms with Crippen LogP contribution in [0.5, 0.6) is 0 Å². The van der Waals surface area contributed by atoms with E-state index in [2.05, 4.69) is 24.3 Å². The molecule has 0 amide bonds. The third-order valence-electron chi connectivity index (χ3n) is 6.16. The van der Waals surface area contributed by atoms with Gasteiger partial charge < -0.3 is 9.84 Å². The summed E-state index contributed by atoms with van der Waals surface area (Å²) < 4.78 is 18.5. The van der Waals surface area contributed by atoms with Crippen molar-refractivity contribution in [2.75, 3.05) is 0 Å². The molecule has 2 aromatic rings. The van der Waals surface area contributed by atoms with Crippen molar-refractivity contribution in [3.8, 4) is 11.3 Å². The van der Waals surface area contributed by atoms with Gasteiger partial charge in [0.1, 0.15) is 5.82 Å². The fourth-order valence-corrected chi connectivity index (χ4v) is 3.92. The van der Waals surface area contributed by atoms with Crippen molar-refractivity contribution in [3.05, 3.63) is 41.8 Å². The summed E-state index contributed by atoms with van der Waals surface area (Å²) >= 11 is 0. The highest BCUT2D eigenvalue weighted by Gasteiger charge is 2.48. The van der Waals surface area contributed by atoms with E-state index in [0.717, 1.165) is 23.7 Å². The van der Waals surface area contributed by atoms with E-state index in [1.54, 1.807) is 12.1 Å². The summed E-state index contributed by atoms with van der Waals surface area (Å²) in [6.07, 6.45) is 6.20. The molecule has 2 aliphatic rings. The van der Waals surface area contributed by atoms with E-state index in [1.165, 1.54) is 37.8 Å². The smallest absolute Gasteiger partial charge is 0.167 e. The molecule has 1 N–H and O–H groups in total. The van der Waals surface area contributed by atoms with Gasteiger partial charge in [-0.25, -0.2) is 4.39 Å². The van der Waals surface area contributed by atoms with Crippen LogP contribution >= 0.6 is 0 Å². The second-order valence-corrected chi connectivity index (χ2v) is 7.99. The summed E-state index contributed by atoms with van der Waals surface area (Å²) in [7, 11) is 0. The van der Waals surface area contributed by atoms with Crippen molar-refractivity contribution in [2.24, 2.45) is 11.3 Å². The van der Waals surface area contributed by atoms with Crippen LogP contribution in [0.3, 0.4) is 0 Å². The Kier molecular flexibility index (Phi) is 3.95. The molecule has 2 aliphatic carbocycles. The van der Waals surface area contributed by atoms with Gasteiger partial charge in [0, 0.05) is 23.7 Å². The van der Waals surface area contributed by atoms with Gasteiger partial charge in [0.05, 0.1) is 5.69 Å². The predicted octanol–water partition coefficient (Wildman–Crippen LogP) is 4.58. The molecule has 24 heavy (non-hydrogen) atoms. The van der Waals surface area contributed by atoms with Gasteiger partial charge in [-0.1, -0.05) is 25.4 Å². The second kappa shape index (κ2) is 5.99. The molecule has 2 fully saturated rings. The molecular weight excluding hydrogens is 303 g/mol. The maximum absolute atomic E-state index is 13.0. The van der Waals surface area contributed by atoms with Crippen LogP contribution in [-0.2, 0) is 6.42 Å². The lowest BCUT2D eigenvalue weighted by Gasteiger charge is -2.54. The van der Waals surface area contributed by atoms with E-state index in [0.29, 0.717) is 23.1 Å². The van der Waals surface area contributed by atoms with Crippen LogP contribution in [0.15, 0.2) is 34.9 Å². The lowest BCUT2D eigenvalue weighted by Crippen LogP contribution is -2.60. The normalized spacial score (nSPS) is 26.0. The van der Waals surface area contributed by atoms with Crippen molar-refractivity contribution in [3.63, 3.8) is 0 Å². The first-order chi connectivity index (χ1) is 11.5. The Morgan fingerprint density at radius 2 is 2.00 bits per heavy atom. The second-order valence-electron chi connectivity index (χ2n) is 7.99. The zero-order chi connectivity index (χ0) is 16.7. The third kappa shape index (κ3) is 2.88. The first-order valence-corrected chi connectivity index (χ1v) is 9.00. The van der Waals surface area contributed by atoms with Gasteiger partial charge in [-0.15, -0.1) is 0 Å². The number of halogens is 1. The SMILES string of the molecule is CC1(C)C(Cc2cc(-c3ccc(F)cc3)on2)CC1NC1CCC1. The highest BCUT2D eigenvalue weighted by atomic mass is 19.1. The Balaban J connectivity index is 1.38. The lowest BCUT2D eigenvalue weighted by molar-refractivity contribution is 0.000524. The number of rotatable bonds is 5. The van der Waals surface area contributed by atoms with Crippen LogP contribution < -0.4 is 5.32 Å². The molecule has 2 unspecified atom stereocenters. The van der Waals surface area contributed by atoms with Gasteiger partial charge in [-0.2, -0.15) is 0 Å². The van der Waals surface area contributed by atoms with E-state index >= 15 is 0 Å². The molecule has 4 rings (SSSR count). The Hall–Kier alpha value is -1.68. The molecule has 0 bridgehead atoms. The third-order valence-corrected chi connectivity index (χ3v) is 6.16.